The van der Waals surface area contributed by atoms with Crippen LogP contribution in [0.1, 0.15) is 20.7 Å². The van der Waals surface area contributed by atoms with Crippen LogP contribution in [-0.2, 0) is 4.79 Å². The first-order valence-electron chi connectivity index (χ1n) is 7.32. The molecule has 1 aliphatic rings. The Kier molecular flexibility index (Phi) is 3.13. The number of imidazole rings is 1. The summed E-state index contributed by atoms with van der Waals surface area (Å²) in [5, 5.41) is 2.61. The van der Waals surface area contributed by atoms with E-state index in [0.29, 0.717) is 22.6 Å². The molecule has 0 bridgehead atoms. The summed E-state index contributed by atoms with van der Waals surface area (Å²) < 4.78 is 1.76. The molecule has 24 heavy (non-hydrogen) atoms. The normalized spacial score (nSPS) is 13.4. The van der Waals surface area contributed by atoms with Gasteiger partial charge in [-0.05, 0) is 24.3 Å². The number of nitrogens with one attached hydrogen (secondary N) is 1. The van der Waals surface area contributed by atoms with Crippen LogP contribution in [0.4, 0.5) is 5.82 Å². The van der Waals surface area contributed by atoms with Crippen LogP contribution in [0.5, 0.6) is 0 Å². The zero-order valence-corrected chi connectivity index (χ0v) is 12.5. The third-order valence-corrected chi connectivity index (χ3v) is 3.81. The lowest BCUT2D eigenvalue weighted by atomic mass is 10.1. The van der Waals surface area contributed by atoms with E-state index in [2.05, 4.69) is 10.3 Å². The van der Waals surface area contributed by atoms with E-state index in [-0.39, 0.29) is 6.54 Å². The van der Waals surface area contributed by atoms with Crippen LogP contribution in [0.15, 0.2) is 54.9 Å². The summed E-state index contributed by atoms with van der Waals surface area (Å²) in [6.07, 6.45) is 3.47. The standard InChI is InChI=1S/C17H12N4O3/c22-15(19-13-9-20-8-4-3-7-14(20)18-13)10-21-16(23)11-5-1-2-6-12(11)17(21)24/h1-9H,10H2,(H,19,22). The minimum atomic E-state index is -0.479. The van der Waals surface area contributed by atoms with E-state index in [1.54, 1.807) is 40.9 Å². The molecule has 0 unspecified atom stereocenters. The first-order chi connectivity index (χ1) is 11.6. The number of carbonyl (C=O) groups excluding carboxylic acids is 3. The van der Waals surface area contributed by atoms with E-state index in [1.165, 1.54) is 0 Å². The van der Waals surface area contributed by atoms with Crippen LogP contribution in [-0.4, -0.2) is 38.6 Å². The molecular weight excluding hydrogens is 308 g/mol. The number of hydrogen-bond acceptors (Lipinski definition) is 4. The number of fused-ring (bicyclic) bond motifs is 2. The van der Waals surface area contributed by atoms with Gasteiger partial charge >= 0.3 is 0 Å². The van der Waals surface area contributed by atoms with Crippen molar-refractivity contribution in [1.82, 2.24) is 14.3 Å². The number of amides is 3. The summed E-state index contributed by atoms with van der Waals surface area (Å²) in [5.74, 6) is -1.03. The number of nitrogens with zero attached hydrogens (tertiary/aromatic N) is 3. The van der Waals surface area contributed by atoms with Gasteiger partial charge in [0.05, 0.1) is 17.3 Å². The van der Waals surface area contributed by atoms with Gasteiger partial charge in [-0.2, -0.15) is 0 Å². The highest BCUT2D eigenvalue weighted by Gasteiger charge is 2.36. The molecule has 1 N–H and O–H groups in total. The SMILES string of the molecule is O=C(CN1C(=O)c2ccccc2C1=O)Nc1cn2ccccc2n1. The highest BCUT2D eigenvalue weighted by molar-refractivity contribution is 6.22. The molecule has 0 aliphatic carbocycles. The summed E-state index contributed by atoms with van der Waals surface area (Å²) in [7, 11) is 0. The van der Waals surface area contributed by atoms with Crippen molar-refractivity contribution in [2.24, 2.45) is 0 Å². The molecule has 0 spiro atoms. The zero-order chi connectivity index (χ0) is 16.7. The predicted molar refractivity (Wildman–Crippen MR) is 85.6 cm³/mol. The maximum Gasteiger partial charge on any atom is 0.262 e. The summed E-state index contributed by atoms with van der Waals surface area (Å²) >= 11 is 0. The van der Waals surface area contributed by atoms with Crippen LogP contribution in [0, 0.1) is 0 Å². The van der Waals surface area contributed by atoms with Crippen LogP contribution < -0.4 is 5.32 Å². The molecule has 3 amide bonds. The van der Waals surface area contributed by atoms with Crippen LogP contribution >= 0.6 is 0 Å². The van der Waals surface area contributed by atoms with Crippen molar-refractivity contribution >= 4 is 29.2 Å². The third kappa shape index (κ3) is 2.23. The minimum absolute atomic E-state index is 0.322. The molecule has 1 aliphatic heterocycles. The van der Waals surface area contributed by atoms with E-state index in [9.17, 15) is 14.4 Å². The summed E-state index contributed by atoms with van der Waals surface area (Å²) in [5.41, 5.74) is 1.33. The van der Waals surface area contributed by atoms with Gasteiger partial charge in [0.15, 0.2) is 5.82 Å². The van der Waals surface area contributed by atoms with E-state index in [0.717, 1.165) is 4.90 Å². The number of aromatic nitrogens is 2. The Morgan fingerprint density at radius 1 is 1.00 bits per heavy atom. The monoisotopic (exact) mass is 320 g/mol. The Labute approximate surface area is 136 Å². The molecule has 2 aromatic heterocycles. The maximum absolute atomic E-state index is 12.2. The molecule has 0 saturated heterocycles. The van der Waals surface area contributed by atoms with Gasteiger partial charge in [-0.15, -0.1) is 0 Å². The molecule has 7 nitrogen and oxygen atoms in total. The molecular formula is C17H12N4O3. The molecule has 118 valence electrons. The van der Waals surface area contributed by atoms with Gasteiger partial charge in [0.25, 0.3) is 11.8 Å². The van der Waals surface area contributed by atoms with E-state index in [4.69, 9.17) is 0 Å². The lowest BCUT2D eigenvalue weighted by Crippen LogP contribution is -2.37. The number of benzene rings is 1. The van der Waals surface area contributed by atoms with Gasteiger partial charge in [0.1, 0.15) is 12.2 Å². The van der Waals surface area contributed by atoms with Crippen molar-refractivity contribution in [1.29, 1.82) is 0 Å². The minimum Gasteiger partial charge on any atom is -0.308 e. The maximum atomic E-state index is 12.2. The fraction of sp³-hybridized carbons (Fsp3) is 0.0588. The highest BCUT2D eigenvalue weighted by Crippen LogP contribution is 2.22. The fourth-order valence-corrected chi connectivity index (χ4v) is 2.70. The fourth-order valence-electron chi connectivity index (χ4n) is 2.70. The molecule has 0 fully saturated rings. The number of pyridine rings is 1. The molecule has 1 aromatic carbocycles. The molecule has 3 aromatic rings. The number of hydrogen-bond donors (Lipinski definition) is 1. The summed E-state index contributed by atoms with van der Waals surface area (Å²) in [6, 6.07) is 12.0. The van der Waals surface area contributed by atoms with Crippen molar-refractivity contribution in [2.75, 3.05) is 11.9 Å². The molecule has 4 rings (SSSR count). The predicted octanol–water partition coefficient (Wildman–Crippen LogP) is 1.57. The van der Waals surface area contributed by atoms with E-state index in [1.807, 2.05) is 18.3 Å². The molecule has 7 heteroatoms. The van der Waals surface area contributed by atoms with Crippen molar-refractivity contribution in [3.63, 3.8) is 0 Å². The van der Waals surface area contributed by atoms with Gasteiger partial charge in [-0.25, -0.2) is 4.98 Å². The first-order valence-corrected chi connectivity index (χ1v) is 7.32. The lowest BCUT2D eigenvalue weighted by Gasteiger charge is -2.12. The Bertz CT molecular complexity index is 924. The number of rotatable bonds is 3. The smallest absolute Gasteiger partial charge is 0.262 e. The number of imide groups is 1. The van der Waals surface area contributed by atoms with Crippen LogP contribution in [0.3, 0.4) is 0 Å². The molecule has 0 radical (unpaired) electrons. The van der Waals surface area contributed by atoms with Gasteiger partial charge < -0.3 is 9.72 Å². The van der Waals surface area contributed by atoms with Gasteiger partial charge in [-0.3, -0.25) is 19.3 Å². The van der Waals surface area contributed by atoms with E-state index < -0.39 is 17.7 Å². The summed E-state index contributed by atoms with van der Waals surface area (Å²) in [6.45, 7) is -0.347. The van der Waals surface area contributed by atoms with Crippen molar-refractivity contribution in [3.05, 3.63) is 66.0 Å². The molecule has 0 atom stereocenters. The van der Waals surface area contributed by atoms with Gasteiger partial charge in [-0.1, -0.05) is 18.2 Å². The van der Waals surface area contributed by atoms with Gasteiger partial charge in [0.2, 0.25) is 5.91 Å². The van der Waals surface area contributed by atoms with E-state index >= 15 is 0 Å². The average molecular weight is 320 g/mol. The quantitative estimate of drug-likeness (QED) is 0.743. The largest absolute Gasteiger partial charge is 0.308 e. The Morgan fingerprint density at radius 3 is 2.33 bits per heavy atom. The Hall–Kier alpha value is -3.48. The van der Waals surface area contributed by atoms with Crippen LogP contribution in [0.25, 0.3) is 5.65 Å². The lowest BCUT2D eigenvalue weighted by molar-refractivity contribution is -0.116. The van der Waals surface area contributed by atoms with Crippen molar-refractivity contribution in [3.8, 4) is 0 Å². The Morgan fingerprint density at radius 2 is 1.67 bits per heavy atom. The second kappa shape index (κ2) is 5.31. The van der Waals surface area contributed by atoms with Crippen molar-refractivity contribution < 1.29 is 14.4 Å². The van der Waals surface area contributed by atoms with Crippen LogP contribution in [0.2, 0.25) is 0 Å². The van der Waals surface area contributed by atoms with Gasteiger partial charge in [0, 0.05) is 6.20 Å². The second-order valence-corrected chi connectivity index (χ2v) is 5.38. The third-order valence-electron chi connectivity index (χ3n) is 3.81. The molecule has 0 saturated carbocycles. The number of carbonyl (C=O) groups is 3. The van der Waals surface area contributed by atoms with Crippen molar-refractivity contribution in [2.45, 2.75) is 0 Å². The Balaban J connectivity index is 1.51. The molecule has 3 heterocycles. The average Bonchev–Trinajstić information content (AvgIpc) is 3.09. The zero-order valence-electron chi connectivity index (χ0n) is 12.5. The summed E-state index contributed by atoms with van der Waals surface area (Å²) in [4.78, 5) is 41.9. The second-order valence-electron chi connectivity index (χ2n) is 5.38. The first kappa shape index (κ1) is 14.1. The topological polar surface area (TPSA) is 83.8 Å². The number of anilines is 1. The highest BCUT2D eigenvalue weighted by atomic mass is 16.2.